The summed E-state index contributed by atoms with van der Waals surface area (Å²) in [7, 11) is 0. The van der Waals surface area contributed by atoms with Gasteiger partial charge in [0.25, 0.3) is 0 Å². The highest BCUT2D eigenvalue weighted by atomic mass is 35.5. The Morgan fingerprint density at radius 1 is 1.62 bits per heavy atom. The summed E-state index contributed by atoms with van der Waals surface area (Å²) in [5.74, 6) is 0. The Bertz CT molecular complexity index is 184. The van der Waals surface area contributed by atoms with Crippen molar-refractivity contribution in [2.45, 2.75) is 17.9 Å². The van der Waals surface area contributed by atoms with Gasteiger partial charge in [0.05, 0.1) is 12.9 Å². The maximum absolute atomic E-state index is 12.5. The first-order valence-electron chi connectivity index (χ1n) is 3.66. The predicted octanol–water partition coefficient (Wildman–Crippen LogP) is 1.06. The van der Waals surface area contributed by atoms with Gasteiger partial charge in [0.1, 0.15) is 0 Å². The summed E-state index contributed by atoms with van der Waals surface area (Å²) < 4.78 is 29.7. The lowest BCUT2D eigenvalue weighted by molar-refractivity contribution is -0.0889. The van der Waals surface area contributed by atoms with Crippen LogP contribution >= 0.6 is 11.6 Å². The molecule has 0 heterocycles. The van der Waals surface area contributed by atoms with Crippen molar-refractivity contribution in [2.24, 2.45) is 5.73 Å². The second-order valence-corrected chi connectivity index (χ2v) is 2.86. The van der Waals surface area contributed by atoms with E-state index in [4.69, 9.17) is 5.73 Å². The molecule has 0 amide bonds. The van der Waals surface area contributed by atoms with Gasteiger partial charge < -0.3 is 15.6 Å². The van der Waals surface area contributed by atoms with E-state index in [-0.39, 0.29) is 0 Å². The van der Waals surface area contributed by atoms with Crippen molar-refractivity contribution in [3.8, 4) is 0 Å². The van der Waals surface area contributed by atoms with Crippen molar-refractivity contribution in [1.29, 1.82) is 0 Å². The van der Waals surface area contributed by atoms with Gasteiger partial charge in [-0.25, -0.2) is 0 Å². The fourth-order valence-electron chi connectivity index (χ4n) is 0.535. The van der Waals surface area contributed by atoms with Crippen LogP contribution in [0.1, 0.15) is 6.92 Å². The summed E-state index contributed by atoms with van der Waals surface area (Å²) in [6.45, 7) is 1.29. The lowest BCUT2D eigenvalue weighted by Gasteiger charge is -2.26. The first kappa shape index (κ1) is 12.6. The van der Waals surface area contributed by atoms with Gasteiger partial charge in [-0.1, -0.05) is 0 Å². The van der Waals surface area contributed by atoms with Crippen LogP contribution in [0.4, 0.5) is 8.78 Å². The van der Waals surface area contributed by atoms with Crippen LogP contribution in [0, 0.1) is 0 Å². The molecule has 0 radical (unpaired) electrons. The number of ether oxygens (including phenoxy) is 1. The minimum atomic E-state index is -3.81. The van der Waals surface area contributed by atoms with Gasteiger partial charge in [-0.05, 0) is 24.6 Å². The molecule has 3 N–H and O–H groups in total. The fourth-order valence-corrected chi connectivity index (χ4v) is 0.675. The maximum Gasteiger partial charge on any atom is 0.354 e. The van der Waals surface area contributed by atoms with E-state index in [1.54, 1.807) is 6.92 Å². The van der Waals surface area contributed by atoms with E-state index < -0.39 is 17.5 Å². The SMILES string of the molecule is CCO/C=C/C(O)(CN)C(F)(F)Cl. The van der Waals surface area contributed by atoms with E-state index in [9.17, 15) is 13.9 Å². The summed E-state index contributed by atoms with van der Waals surface area (Å²) >= 11 is 4.65. The number of hydrogen-bond donors (Lipinski definition) is 2. The van der Waals surface area contributed by atoms with Crippen molar-refractivity contribution in [3.63, 3.8) is 0 Å². The topological polar surface area (TPSA) is 55.5 Å². The minimum absolute atomic E-state index is 0.311. The van der Waals surface area contributed by atoms with Crippen molar-refractivity contribution in [3.05, 3.63) is 12.3 Å². The van der Waals surface area contributed by atoms with Gasteiger partial charge in [0, 0.05) is 6.54 Å². The van der Waals surface area contributed by atoms with Crippen LogP contribution in [0.25, 0.3) is 0 Å². The van der Waals surface area contributed by atoms with E-state index >= 15 is 0 Å². The van der Waals surface area contributed by atoms with E-state index in [1.807, 2.05) is 0 Å². The zero-order chi connectivity index (χ0) is 10.5. The molecule has 0 aromatic heterocycles. The largest absolute Gasteiger partial charge is 0.502 e. The molecule has 1 atom stereocenters. The van der Waals surface area contributed by atoms with Gasteiger partial charge in [-0.15, -0.1) is 0 Å². The Kier molecular flexibility index (Phi) is 4.60. The van der Waals surface area contributed by atoms with E-state index in [0.29, 0.717) is 6.61 Å². The molecule has 0 aromatic carbocycles. The van der Waals surface area contributed by atoms with E-state index in [1.165, 1.54) is 0 Å². The quantitative estimate of drug-likeness (QED) is 0.533. The predicted molar refractivity (Wildman–Crippen MR) is 45.6 cm³/mol. The minimum Gasteiger partial charge on any atom is -0.502 e. The molecule has 6 heteroatoms. The maximum atomic E-state index is 12.5. The Morgan fingerprint density at radius 3 is 2.46 bits per heavy atom. The Labute approximate surface area is 80.1 Å². The summed E-state index contributed by atoms with van der Waals surface area (Å²) in [4.78, 5) is 0. The van der Waals surface area contributed by atoms with Crippen LogP contribution in [0.15, 0.2) is 12.3 Å². The fraction of sp³-hybridized carbons (Fsp3) is 0.714. The molecule has 78 valence electrons. The lowest BCUT2D eigenvalue weighted by Crippen LogP contribution is -2.48. The normalized spacial score (nSPS) is 17.4. The Balaban J connectivity index is 4.46. The van der Waals surface area contributed by atoms with Gasteiger partial charge in [0.15, 0.2) is 5.60 Å². The first-order valence-corrected chi connectivity index (χ1v) is 4.03. The van der Waals surface area contributed by atoms with Crippen LogP contribution in [0.3, 0.4) is 0 Å². The molecule has 0 saturated carbocycles. The van der Waals surface area contributed by atoms with Crippen LogP contribution in [-0.2, 0) is 4.74 Å². The van der Waals surface area contributed by atoms with Crippen molar-refractivity contribution < 1.29 is 18.6 Å². The first-order chi connectivity index (χ1) is 5.87. The van der Waals surface area contributed by atoms with Gasteiger partial charge >= 0.3 is 5.38 Å². The molecular weight excluding hydrogens is 204 g/mol. The molecular formula is C7H12ClF2NO2. The summed E-state index contributed by atoms with van der Waals surface area (Å²) in [5, 5.41) is 5.40. The Hall–Kier alpha value is -0.390. The lowest BCUT2D eigenvalue weighted by atomic mass is 10.1. The number of halogens is 3. The average Bonchev–Trinajstić information content (AvgIpc) is 2.02. The van der Waals surface area contributed by atoms with Gasteiger partial charge in [-0.3, -0.25) is 0 Å². The third kappa shape index (κ3) is 3.46. The van der Waals surface area contributed by atoms with Crippen LogP contribution in [0.2, 0.25) is 0 Å². The summed E-state index contributed by atoms with van der Waals surface area (Å²) in [6.07, 6.45) is 1.69. The third-order valence-corrected chi connectivity index (χ3v) is 1.74. The van der Waals surface area contributed by atoms with Crippen LogP contribution in [-0.4, -0.2) is 29.2 Å². The molecule has 0 aliphatic heterocycles. The molecule has 0 rings (SSSR count). The molecule has 0 aliphatic carbocycles. The highest BCUT2D eigenvalue weighted by Gasteiger charge is 2.48. The number of rotatable bonds is 5. The molecule has 0 saturated heterocycles. The number of alkyl halides is 3. The van der Waals surface area contributed by atoms with Crippen molar-refractivity contribution in [1.82, 2.24) is 0 Å². The highest BCUT2D eigenvalue weighted by molar-refractivity contribution is 6.22. The highest BCUT2D eigenvalue weighted by Crippen LogP contribution is 2.33. The van der Waals surface area contributed by atoms with Crippen molar-refractivity contribution in [2.75, 3.05) is 13.2 Å². The number of aliphatic hydroxyl groups is 1. The molecule has 0 spiro atoms. The average molecular weight is 216 g/mol. The molecule has 0 bridgehead atoms. The molecule has 0 fully saturated rings. The number of nitrogens with two attached hydrogens (primary N) is 1. The van der Waals surface area contributed by atoms with E-state index in [0.717, 1.165) is 12.3 Å². The molecule has 0 aromatic rings. The van der Waals surface area contributed by atoms with Crippen LogP contribution < -0.4 is 5.73 Å². The third-order valence-electron chi connectivity index (χ3n) is 1.41. The zero-order valence-corrected chi connectivity index (χ0v) is 7.89. The summed E-state index contributed by atoms with van der Waals surface area (Å²) in [5.41, 5.74) is 2.39. The van der Waals surface area contributed by atoms with Crippen molar-refractivity contribution >= 4 is 11.6 Å². The second-order valence-electron chi connectivity index (χ2n) is 2.38. The summed E-state index contributed by atoms with van der Waals surface area (Å²) in [6, 6.07) is 0. The Morgan fingerprint density at radius 2 is 2.15 bits per heavy atom. The molecule has 13 heavy (non-hydrogen) atoms. The monoisotopic (exact) mass is 215 g/mol. The van der Waals surface area contributed by atoms with Crippen LogP contribution in [0.5, 0.6) is 0 Å². The number of hydrogen-bond acceptors (Lipinski definition) is 3. The second kappa shape index (κ2) is 4.74. The van der Waals surface area contributed by atoms with Gasteiger partial charge in [0.2, 0.25) is 0 Å². The molecule has 0 aliphatic rings. The van der Waals surface area contributed by atoms with Gasteiger partial charge in [-0.2, -0.15) is 8.78 Å². The smallest absolute Gasteiger partial charge is 0.354 e. The standard InChI is InChI=1S/C7H12ClF2NO2/c1-2-13-4-3-6(12,5-11)7(8,9)10/h3-4,12H,2,5,11H2,1H3/b4-3+. The van der Waals surface area contributed by atoms with E-state index in [2.05, 4.69) is 16.3 Å². The zero-order valence-electron chi connectivity index (χ0n) is 7.14. The molecule has 3 nitrogen and oxygen atoms in total. The molecule has 1 unspecified atom stereocenters.